The van der Waals surface area contributed by atoms with Gasteiger partial charge in [-0.1, -0.05) is 0 Å². The van der Waals surface area contributed by atoms with Crippen molar-refractivity contribution in [2.75, 3.05) is 6.54 Å². The van der Waals surface area contributed by atoms with Crippen LogP contribution in [0.15, 0.2) is 29.2 Å². The molecule has 0 aromatic carbocycles. The molecule has 0 aromatic rings. The average Bonchev–Trinajstić information content (AvgIpc) is 1.91. The summed E-state index contributed by atoms with van der Waals surface area (Å²) >= 11 is 0. The van der Waals surface area contributed by atoms with E-state index >= 15 is 0 Å². The van der Waals surface area contributed by atoms with Crippen LogP contribution in [0.1, 0.15) is 0 Å². The number of halogens is 1. The number of allylic oxidation sites excluding steroid dienone is 2. The zero-order valence-electron chi connectivity index (χ0n) is 5.05. The van der Waals surface area contributed by atoms with E-state index in [1.165, 1.54) is 12.2 Å². The maximum atomic E-state index is 11.3. The van der Waals surface area contributed by atoms with Crippen LogP contribution in [0.5, 0.6) is 0 Å². The molecule has 2 nitrogen and oxygen atoms in total. The normalized spacial score (nSPS) is 12.4. The number of nitrogens with two attached hydrogens (primary N) is 1. The molecular formula is C6H9FN2. The summed E-state index contributed by atoms with van der Waals surface area (Å²) in [5, 5.41) is 0. The second-order valence-electron chi connectivity index (χ2n) is 1.34. The van der Waals surface area contributed by atoms with Crippen LogP contribution in [0.25, 0.3) is 0 Å². The van der Waals surface area contributed by atoms with Crippen molar-refractivity contribution < 1.29 is 4.39 Å². The van der Waals surface area contributed by atoms with Crippen molar-refractivity contribution in [1.29, 1.82) is 0 Å². The van der Waals surface area contributed by atoms with Gasteiger partial charge in [0.25, 0.3) is 0 Å². The van der Waals surface area contributed by atoms with E-state index in [1.807, 2.05) is 0 Å². The lowest BCUT2D eigenvalue weighted by Gasteiger charge is -1.89. The Kier molecular flexibility index (Phi) is 4.63. The smallest absolute Gasteiger partial charge is 0.0867 e. The second-order valence-corrected chi connectivity index (χ2v) is 1.34. The fraction of sp³-hybridized carbons (Fsp3) is 0.167. The summed E-state index contributed by atoms with van der Waals surface area (Å²) in [4.78, 5) is 3.51. The SMILES string of the molecule is C=N/C(=C\C=C\F)CN. The van der Waals surface area contributed by atoms with Crippen LogP contribution < -0.4 is 5.73 Å². The molecule has 0 unspecified atom stereocenters. The summed E-state index contributed by atoms with van der Waals surface area (Å²) in [5.41, 5.74) is 5.74. The molecule has 3 heteroatoms. The minimum Gasteiger partial charge on any atom is -0.325 e. The predicted molar refractivity (Wildman–Crippen MR) is 36.9 cm³/mol. The van der Waals surface area contributed by atoms with Crippen molar-refractivity contribution in [3.05, 3.63) is 24.2 Å². The molecule has 0 aliphatic rings. The highest BCUT2D eigenvalue weighted by atomic mass is 19.1. The first-order valence-corrected chi connectivity index (χ1v) is 2.48. The Balaban J connectivity index is 3.90. The lowest BCUT2D eigenvalue weighted by atomic mass is 10.4. The molecule has 0 bridgehead atoms. The van der Waals surface area contributed by atoms with Gasteiger partial charge in [0.15, 0.2) is 0 Å². The van der Waals surface area contributed by atoms with Gasteiger partial charge in [-0.3, -0.25) is 4.99 Å². The van der Waals surface area contributed by atoms with Crippen molar-refractivity contribution in [3.8, 4) is 0 Å². The highest BCUT2D eigenvalue weighted by molar-refractivity contribution is 5.30. The van der Waals surface area contributed by atoms with E-state index in [1.54, 1.807) is 0 Å². The van der Waals surface area contributed by atoms with Crippen molar-refractivity contribution >= 4 is 6.72 Å². The molecule has 0 spiro atoms. The van der Waals surface area contributed by atoms with Crippen LogP contribution in [-0.4, -0.2) is 13.3 Å². The number of nitrogens with zero attached hydrogens (tertiary/aromatic N) is 1. The van der Waals surface area contributed by atoms with Gasteiger partial charge < -0.3 is 5.73 Å². The number of rotatable bonds is 3. The summed E-state index contributed by atoms with van der Waals surface area (Å²) in [6.07, 6.45) is 3.10. The molecule has 0 aliphatic heterocycles. The Labute approximate surface area is 53.6 Å². The molecule has 9 heavy (non-hydrogen) atoms. The molecule has 50 valence electrons. The van der Waals surface area contributed by atoms with Crippen LogP contribution in [0.2, 0.25) is 0 Å². The topological polar surface area (TPSA) is 38.4 Å². The Hall–Kier alpha value is -0.960. The highest BCUT2D eigenvalue weighted by Crippen LogP contribution is 1.91. The third-order valence-corrected chi connectivity index (χ3v) is 0.774. The van der Waals surface area contributed by atoms with Crippen LogP contribution in [0, 0.1) is 0 Å². The van der Waals surface area contributed by atoms with Gasteiger partial charge in [-0.15, -0.1) is 0 Å². The van der Waals surface area contributed by atoms with Gasteiger partial charge in [-0.25, -0.2) is 4.39 Å². The first-order chi connectivity index (χ1) is 4.35. The second kappa shape index (κ2) is 5.18. The average molecular weight is 128 g/mol. The van der Waals surface area contributed by atoms with E-state index in [0.717, 1.165) is 0 Å². The molecule has 0 aliphatic carbocycles. The summed E-state index contributed by atoms with van der Waals surface area (Å²) in [5.74, 6) is 0. The third-order valence-electron chi connectivity index (χ3n) is 0.774. The van der Waals surface area contributed by atoms with E-state index in [9.17, 15) is 4.39 Å². The maximum absolute atomic E-state index is 11.3. The Morgan fingerprint density at radius 3 is 2.78 bits per heavy atom. The molecule has 0 saturated carbocycles. The molecule has 2 N–H and O–H groups in total. The van der Waals surface area contributed by atoms with Crippen molar-refractivity contribution in [1.82, 2.24) is 0 Å². The van der Waals surface area contributed by atoms with Gasteiger partial charge in [0, 0.05) is 6.54 Å². The quantitative estimate of drug-likeness (QED) is 0.447. The van der Waals surface area contributed by atoms with E-state index in [2.05, 4.69) is 11.7 Å². The standard InChI is InChI=1S/C6H9FN2/c1-9-6(5-8)3-2-4-7/h2-4H,1,5,8H2/b4-2+,6-3-. The lowest BCUT2D eigenvalue weighted by molar-refractivity contribution is 0.721. The van der Waals surface area contributed by atoms with Gasteiger partial charge >= 0.3 is 0 Å². The molecule has 0 heterocycles. The van der Waals surface area contributed by atoms with Crippen molar-refractivity contribution in [2.45, 2.75) is 0 Å². The number of hydrogen-bond acceptors (Lipinski definition) is 2. The van der Waals surface area contributed by atoms with Gasteiger partial charge in [-0.2, -0.15) is 0 Å². The fourth-order valence-electron chi connectivity index (χ4n) is 0.333. The van der Waals surface area contributed by atoms with Crippen molar-refractivity contribution in [3.63, 3.8) is 0 Å². The van der Waals surface area contributed by atoms with Crippen molar-refractivity contribution in [2.24, 2.45) is 10.7 Å². The van der Waals surface area contributed by atoms with Crippen LogP contribution in [0.4, 0.5) is 4.39 Å². The first kappa shape index (κ1) is 8.04. The summed E-state index contributed by atoms with van der Waals surface area (Å²) < 4.78 is 11.3. The highest BCUT2D eigenvalue weighted by Gasteiger charge is 1.81. The van der Waals surface area contributed by atoms with Crippen LogP contribution in [0.3, 0.4) is 0 Å². The maximum Gasteiger partial charge on any atom is 0.0867 e. The van der Waals surface area contributed by atoms with E-state index < -0.39 is 0 Å². The number of aliphatic imine (C=N–C) groups is 1. The molecule has 0 amide bonds. The molecule has 0 rings (SSSR count). The molecule has 0 atom stereocenters. The van der Waals surface area contributed by atoms with Gasteiger partial charge in [-0.05, 0) is 18.9 Å². The minimum absolute atomic E-state index is 0.286. The predicted octanol–water partition coefficient (Wildman–Crippen LogP) is 1.01. The summed E-state index contributed by atoms with van der Waals surface area (Å²) in [6, 6.07) is 0. The lowest BCUT2D eigenvalue weighted by Crippen LogP contribution is -1.99. The monoisotopic (exact) mass is 128 g/mol. The van der Waals surface area contributed by atoms with E-state index in [4.69, 9.17) is 5.73 Å². The van der Waals surface area contributed by atoms with E-state index in [-0.39, 0.29) is 6.54 Å². The Morgan fingerprint density at radius 1 is 1.78 bits per heavy atom. The Morgan fingerprint density at radius 2 is 2.44 bits per heavy atom. The van der Waals surface area contributed by atoms with Crippen LogP contribution >= 0.6 is 0 Å². The largest absolute Gasteiger partial charge is 0.325 e. The van der Waals surface area contributed by atoms with Crippen LogP contribution in [-0.2, 0) is 0 Å². The molecule has 0 radical (unpaired) electrons. The summed E-state index contributed by atoms with van der Waals surface area (Å²) in [7, 11) is 0. The van der Waals surface area contributed by atoms with E-state index in [0.29, 0.717) is 12.0 Å². The van der Waals surface area contributed by atoms with Gasteiger partial charge in [0.2, 0.25) is 0 Å². The molecule has 0 saturated heterocycles. The minimum atomic E-state index is 0.286. The zero-order valence-corrected chi connectivity index (χ0v) is 5.05. The number of hydrogen-bond donors (Lipinski definition) is 1. The third kappa shape index (κ3) is 3.61. The molecular weight excluding hydrogens is 119 g/mol. The Bertz CT molecular complexity index is 138. The first-order valence-electron chi connectivity index (χ1n) is 2.48. The molecule has 0 aromatic heterocycles. The van der Waals surface area contributed by atoms with Gasteiger partial charge in [0.1, 0.15) is 0 Å². The summed E-state index contributed by atoms with van der Waals surface area (Å²) in [6.45, 7) is 3.52. The fourth-order valence-corrected chi connectivity index (χ4v) is 0.333. The molecule has 0 fully saturated rings. The van der Waals surface area contributed by atoms with Gasteiger partial charge in [0.05, 0.1) is 12.0 Å². The zero-order chi connectivity index (χ0) is 7.11.